The first-order valence-corrected chi connectivity index (χ1v) is 6.69. The molecule has 0 radical (unpaired) electrons. The summed E-state index contributed by atoms with van der Waals surface area (Å²) in [6.45, 7) is 4.71. The van der Waals surface area contributed by atoms with E-state index in [0.717, 1.165) is 24.0 Å². The van der Waals surface area contributed by atoms with Crippen LogP contribution in [-0.4, -0.2) is 12.9 Å². The van der Waals surface area contributed by atoms with Crippen molar-refractivity contribution in [3.05, 3.63) is 53.6 Å². The fourth-order valence-electron chi connectivity index (χ4n) is 1.80. The highest BCUT2D eigenvalue weighted by Crippen LogP contribution is 2.26. The van der Waals surface area contributed by atoms with Crippen LogP contribution < -0.4 is 9.47 Å². The van der Waals surface area contributed by atoms with Gasteiger partial charge in [-0.15, -0.1) is 0 Å². The number of carbonyl (C=O) groups is 1. The summed E-state index contributed by atoms with van der Waals surface area (Å²) in [5, 5.41) is 0. The molecule has 3 heteroatoms. The van der Waals surface area contributed by atoms with E-state index in [1.807, 2.05) is 37.3 Å². The van der Waals surface area contributed by atoms with Crippen LogP contribution in [0, 0.1) is 6.92 Å². The number of ether oxygens (including phenoxy) is 2. The Morgan fingerprint density at radius 2 is 1.75 bits per heavy atom. The van der Waals surface area contributed by atoms with Crippen molar-refractivity contribution in [2.24, 2.45) is 0 Å². The second kappa shape index (κ2) is 6.75. The molecule has 0 unspecified atom stereocenters. The average Bonchev–Trinajstić information content (AvgIpc) is 2.48. The average molecular weight is 270 g/mol. The number of aryl methyl sites for hydroxylation is 1. The molecule has 0 aliphatic heterocycles. The maximum absolute atomic E-state index is 11.0. The lowest BCUT2D eigenvalue weighted by Crippen LogP contribution is -1.95. The second-order valence-electron chi connectivity index (χ2n) is 4.58. The highest BCUT2D eigenvalue weighted by atomic mass is 16.5. The third-order valence-corrected chi connectivity index (χ3v) is 2.82. The van der Waals surface area contributed by atoms with Crippen LogP contribution >= 0.6 is 0 Å². The van der Waals surface area contributed by atoms with E-state index in [1.165, 1.54) is 0 Å². The summed E-state index contributed by atoms with van der Waals surface area (Å²) in [5.74, 6) is 2.06. The van der Waals surface area contributed by atoms with Crippen molar-refractivity contribution >= 4 is 6.29 Å². The zero-order valence-electron chi connectivity index (χ0n) is 11.8. The summed E-state index contributed by atoms with van der Waals surface area (Å²) in [7, 11) is 0. The van der Waals surface area contributed by atoms with Gasteiger partial charge in [0.05, 0.1) is 12.2 Å². The van der Waals surface area contributed by atoms with E-state index in [0.29, 0.717) is 23.7 Å². The van der Waals surface area contributed by atoms with Crippen LogP contribution in [0.5, 0.6) is 17.2 Å². The smallest absolute Gasteiger partial charge is 0.153 e. The first kappa shape index (κ1) is 14.1. The lowest BCUT2D eigenvalue weighted by Gasteiger charge is -2.10. The molecule has 0 spiro atoms. The van der Waals surface area contributed by atoms with Gasteiger partial charge in [-0.1, -0.05) is 18.6 Å². The zero-order chi connectivity index (χ0) is 14.4. The Morgan fingerprint density at radius 3 is 2.40 bits per heavy atom. The van der Waals surface area contributed by atoms with E-state index >= 15 is 0 Å². The van der Waals surface area contributed by atoms with Gasteiger partial charge in [-0.25, -0.2) is 0 Å². The Kier molecular flexibility index (Phi) is 4.77. The van der Waals surface area contributed by atoms with Crippen molar-refractivity contribution in [1.82, 2.24) is 0 Å². The van der Waals surface area contributed by atoms with Gasteiger partial charge in [-0.2, -0.15) is 0 Å². The molecule has 0 aliphatic rings. The molecular weight excluding hydrogens is 252 g/mol. The molecule has 20 heavy (non-hydrogen) atoms. The molecule has 0 bridgehead atoms. The number of hydrogen-bond acceptors (Lipinski definition) is 3. The van der Waals surface area contributed by atoms with Crippen molar-refractivity contribution in [1.29, 1.82) is 0 Å². The van der Waals surface area contributed by atoms with Gasteiger partial charge in [0.15, 0.2) is 6.29 Å². The highest BCUT2D eigenvalue weighted by Gasteiger charge is 2.05. The normalized spacial score (nSPS) is 10.1. The van der Waals surface area contributed by atoms with Crippen molar-refractivity contribution in [3.63, 3.8) is 0 Å². The number of hydrogen-bond donors (Lipinski definition) is 0. The third-order valence-electron chi connectivity index (χ3n) is 2.82. The molecule has 0 saturated heterocycles. The van der Waals surface area contributed by atoms with Crippen LogP contribution in [0.4, 0.5) is 0 Å². The van der Waals surface area contributed by atoms with Crippen molar-refractivity contribution in [3.8, 4) is 17.2 Å². The van der Waals surface area contributed by atoms with Gasteiger partial charge >= 0.3 is 0 Å². The lowest BCUT2D eigenvalue weighted by molar-refractivity contribution is 0.112. The molecule has 0 saturated carbocycles. The maximum atomic E-state index is 11.0. The molecule has 0 amide bonds. The molecule has 104 valence electrons. The molecule has 0 aromatic heterocycles. The number of benzene rings is 2. The molecule has 2 aromatic carbocycles. The minimum atomic E-state index is 0.552. The van der Waals surface area contributed by atoms with E-state index in [4.69, 9.17) is 9.47 Å². The molecular formula is C17H18O3. The quantitative estimate of drug-likeness (QED) is 0.730. The van der Waals surface area contributed by atoms with Crippen LogP contribution in [0.3, 0.4) is 0 Å². The van der Waals surface area contributed by atoms with E-state index in [-0.39, 0.29) is 0 Å². The number of carbonyl (C=O) groups excluding carboxylic acids is 1. The molecule has 0 heterocycles. The Hall–Kier alpha value is -2.29. The van der Waals surface area contributed by atoms with Gasteiger partial charge in [0.25, 0.3) is 0 Å². The zero-order valence-corrected chi connectivity index (χ0v) is 11.8. The minimum absolute atomic E-state index is 0.552. The van der Waals surface area contributed by atoms with Crippen molar-refractivity contribution in [2.45, 2.75) is 20.3 Å². The molecule has 0 N–H and O–H groups in total. The van der Waals surface area contributed by atoms with E-state index in [9.17, 15) is 4.79 Å². The van der Waals surface area contributed by atoms with Crippen LogP contribution in [0.25, 0.3) is 0 Å². The number of aldehydes is 1. The fourth-order valence-corrected chi connectivity index (χ4v) is 1.80. The Balaban J connectivity index is 2.12. The van der Waals surface area contributed by atoms with Crippen LogP contribution in [0.1, 0.15) is 29.3 Å². The molecule has 2 rings (SSSR count). The van der Waals surface area contributed by atoms with Crippen molar-refractivity contribution < 1.29 is 14.3 Å². The van der Waals surface area contributed by atoms with Crippen LogP contribution in [0.15, 0.2) is 42.5 Å². The second-order valence-corrected chi connectivity index (χ2v) is 4.58. The van der Waals surface area contributed by atoms with Crippen molar-refractivity contribution in [2.75, 3.05) is 6.61 Å². The summed E-state index contributed by atoms with van der Waals surface area (Å²) >= 11 is 0. The predicted octanol–water partition coefficient (Wildman–Crippen LogP) is 4.39. The molecule has 0 fully saturated rings. The Bertz CT molecular complexity index is 573. The van der Waals surface area contributed by atoms with E-state index in [2.05, 4.69) is 6.92 Å². The van der Waals surface area contributed by atoms with E-state index in [1.54, 1.807) is 12.1 Å². The largest absolute Gasteiger partial charge is 0.494 e. The third kappa shape index (κ3) is 3.60. The first-order valence-electron chi connectivity index (χ1n) is 6.69. The molecule has 3 nitrogen and oxygen atoms in total. The van der Waals surface area contributed by atoms with Gasteiger partial charge < -0.3 is 9.47 Å². The summed E-state index contributed by atoms with van der Waals surface area (Å²) in [4.78, 5) is 11.0. The van der Waals surface area contributed by atoms with Gasteiger partial charge in [0, 0.05) is 0 Å². The van der Waals surface area contributed by atoms with Crippen LogP contribution in [-0.2, 0) is 0 Å². The monoisotopic (exact) mass is 270 g/mol. The summed E-state index contributed by atoms with van der Waals surface area (Å²) in [6, 6.07) is 12.9. The topological polar surface area (TPSA) is 35.5 Å². The molecule has 0 atom stereocenters. The minimum Gasteiger partial charge on any atom is -0.494 e. The summed E-state index contributed by atoms with van der Waals surface area (Å²) in [6.07, 6.45) is 1.78. The standard InChI is InChI=1S/C17H18O3/c1-3-10-19-15-5-7-16(8-6-15)20-17-9-4-13(2)11-14(17)12-18/h4-9,11-12H,3,10H2,1-2H3. The van der Waals surface area contributed by atoms with Crippen LogP contribution in [0.2, 0.25) is 0 Å². The molecule has 0 aliphatic carbocycles. The summed E-state index contributed by atoms with van der Waals surface area (Å²) < 4.78 is 11.2. The van der Waals surface area contributed by atoms with E-state index < -0.39 is 0 Å². The first-order chi connectivity index (χ1) is 9.72. The highest BCUT2D eigenvalue weighted by molar-refractivity contribution is 5.79. The number of rotatable bonds is 6. The van der Waals surface area contributed by atoms with Gasteiger partial charge in [-0.3, -0.25) is 4.79 Å². The Labute approximate surface area is 119 Å². The van der Waals surface area contributed by atoms with Gasteiger partial charge in [-0.05, 0) is 49.7 Å². The van der Waals surface area contributed by atoms with Gasteiger partial charge in [0.1, 0.15) is 17.2 Å². The molecule has 2 aromatic rings. The lowest BCUT2D eigenvalue weighted by atomic mass is 10.1. The predicted molar refractivity (Wildman–Crippen MR) is 78.9 cm³/mol. The Morgan fingerprint density at radius 1 is 1.05 bits per heavy atom. The van der Waals surface area contributed by atoms with Gasteiger partial charge in [0.2, 0.25) is 0 Å². The maximum Gasteiger partial charge on any atom is 0.153 e. The fraction of sp³-hybridized carbons (Fsp3) is 0.235. The summed E-state index contributed by atoms with van der Waals surface area (Å²) in [5.41, 5.74) is 1.58. The SMILES string of the molecule is CCCOc1ccc(Oc2ccc(C)cc2C=O)cc1.